The molecule has 0 aliphatic carbocycles. The number of aromatic nitrogens is 1. The van der Waals surface area contributed by atoms with Crippen LogP contribution >= 0.6 is 0 Å². The van der Waals surface area contributed by atoms with Crippen LogP contribution in [-0.2, 0) is 0 Å². The lowest BCUT2D eigenvalue weighted by Crippen LogP contribution is -2.26. The third kappa shape index (κ3) is 3.65. The number of nitrogens with zero attached hydrogens (tertiary/aromatic N) is 1. The molecule has 3 nitrogen and oxygen atoms in total. The first-order valence-corrected chi connectivity index (χ1v) is 6.30. The minimum Gasteiger partial charge on any atom is -0.365 e. The van der Waals surface area contributed by atoms with Crippen molar-refractivity contribution in [3.05, 3.63) is 59.8 Å². The van der Waals surface area contributed by atoms with Gasteiger partial charge < -0.3 is 5.32 Å². The minimum atomic E-state index is -0.0437. The van der Waals surface area contributed by atoms with E-state index in [0.717, 1.165) is 5.82 Å². The Morgan fingerprint density at radius 1 is 1.00 bits per heavy atom. The van der Waals surface area contributed by atoms with Gasteiger partial charge in [0.25, 0.3) is 0 Å². The lowest BCUT2D eigenvalue weighted by atomic mass is 10.1. The molecule has 2 rings (SSSR count). The van der Waals surface area contributed by atoms with Gasteiger partial charge in [-0.05, 0) is 32.9 Å². The molecular formula is C16H18N2O. The average Bonchev–Trinajstić information content (AvgIpc) is 2.38. The van der Waals surface area contributed by atoms with Gasteiger partial charge in [0.15, 0.2) is 5.78 Å². The Balaban J connectivity index is 2.17. The molecule has 1 aromatic carbocycles. The van der Waals surface area contributed by atoms with Gasteiger partial charge in [0, 0.05) is 22.9 Å². The van der Waals surface area contributed by atoms with Crippen LogP contribution in [0.3, 0.4) is 0 Å². The third-order valence-corrected chi connectivity index (χ3v) is 2.56. The second-order valence-electron chi connectivity index (χ2n) is 5.50. The molecule has 0 aliphatic heterocycles. The van der Waals surface area contributed by atoms with E-state index in [1.165, 1.54) is 0 Å². The monoisotopic (exact) mass is 254 g/mol. The van der Waals surface area contributed by atoms with Crippen LogP contribution in [0.2, 0.25) is 0 Å². The summed E-state index contributed by atoms with van der Waals surface area (Å²) >= 11 is 0. The molecule has 0 fully saturated rings. The first kappa shape index (κ1) is 13.3. The number of nitrogens with one attached hydrogen (secondary N) is 1. The summed E-state index contributed by atoms with van der Waals surface area (Å²) in [5, 5.41) is 3.26. The summed E-state index contributed by atoms with van der Waals surface area (Å²) in [7, 11) is 0. The minimum absolute atomic E-state index is 0.00425. The Kier molecular flexibility index (Phi) is 3.65. The average molecular weight is 254 g/mol. The van der Waals surface area contributed by atoms with Gasteiger partial charge in [-0.3, -0.25) is 4.79 Å². The smallest absolute Gasteiger partial charge is 0.194 e. The Hall–Kier alpha value is -2.16. The van der Waals surface area contributed by atoms with Crippen molar-refractivity contribution < 1.29 is 4.79 Å². The number of pyridine rings is 1. The number of hydrogen-bond donors (Lipinski definition) is 1. The molecular weight excluding hydrogens is 236 g/mol. The summed E-state index contributed by atoms with van der Waals surface area (Å²) in [4.78, 5) is 16.5. The Morgan fingerprint density at radius 3 is 2.21 bits per heavy atom. The van der Waals surface area contributed by atoms with Crippen LogP contribution in [0.1, 0.15) is 36.7 Å². The Morgan fingerprint density at radius 2 is 1.68 bits per heavy atom. The van der Waals surface area contributed by atoms with Gasteiger partial charge >= 0.3 is 0 Å². The van der Waals surface area contributed by atoms with E-state index in [4.69, 9.17) is 0 Å². The number of ketones is 1. The molecule has 1 aromatic heterocycles. The predicted molar refractivity (Wildman–Crippen MR) is 77.5 cm³/mol. The van der Waals surface area contributed by atoms with Crippen LogP contribution in [0.4, 0.5) is 5.82 Å². The zero-order chi connectivity index (χ0) is 13.9. The highest BCUT2D eigenvalue weighted by molar-refractivity contribution is 6.08. The zero-order valence-corrected chi connectivity index (χ0v) is 11.5. The van der Waals surface area contributed by atoms with E-state index in [9.17, 15) is 4.79 Å². The normalized spacial score (nSPS) is 11.1. The SMILES string of the molecule is CC(C)(C)Nc1ccc(C(=O)c2ccccc2)cn1. The van der Waals surface area contributed by atoms with Crippen LogP contribution < -0.4 is 5.32 Å². The summed E-state index contributed by atoms with van der Waals surface area (Å²) in [6.07, 6.45) is 1.61. The second-order valence-corrected chi connectivity index (χ2v) is 5.50. The maximum Gasteiger partial charge on any atom is 0.194 e. The third-order valence-electron chi connectivity index (χ3n) is 2.56. The van der Waals surface area contributed by atoms with Crippen molar-refractivity contribution in [1.29, 1.82) is 0 Å². The van der Waals surface area contributed by atoms with Crippen molar-refractivity contribution in [2.75, 3.05) is 5.32 Å². The van der Waals surface area contributed by atoms with Gasteiger partial charge in [-0.1, -0.05) is 30.3 Å². The molecule has 0 bridgehead atoms. The highest BCUT2D eigenvalue weighted by atomic mass is 16.1. The van der Waals surface area contributed by atoms with Crippen molar-refractivity contribution >= 4 is 11.6 Å². The predicted octanol–water partition coefficient (Wildman–Crippen LogP) is 3.52. The molecule has 0 atom stereocenters. The quantitative estimate of drug-likeness (QED) is 0.852. The fourth-order valence-corrected chi connectivity index (χ4v) is 1.74. The molecule has 0 unspecified atom stereocenters. The summed E-state index contributed by atoms with van der Waals surface area (Å²) < 4.78 is 0. The number of carbonyl (C=O) groups excluding carboxylic acids is 1. The number of anilines is 1. The van der Waals surface area contributed by atoms with E-state index in [0.29, 0.717) is 11.1 Å². The number of carbonyl (C=O) groups is 1. The molecule has 3 heteroatoms. The van der Waals surface area contributed by atoms with E-state index in [1.807, 2.05) is 36.4 Å². The van der Waals surface area contributed by atoms with Gasteiger partial charge in [-0.2, -0.15) is 0 Å². The fraction of sp³-hybridized carbons (Fsp3) is 0.250. The van der Waals surface area contributed by atoms with Crippen LogP contribution in [0.5, 0.6) is 0 Å². The molecule has 1 heterocycles. The summed E-state index contributed by atoms with van der Waals surface area (Å²) in [5.41, 5.74) is 1.24. The second kappa shape index (κ2) is 5.22. The van der Waals surface area contributed by atoms with Crippen LogP contribution in [-0.4, -0.2) is 16.3 Å². The maximum absolute atomic E-state index is 12.2. The molecule has 98 valence electrons. The van der Waals surface area contributed by atoms with Gasteiger partial charge in [-0.15, -0.1) is 0 Å². The molecule has 19 heavy (non-hydrogen) atoms. The molecule has 0 saturated heterocycles. The molecule has 0 radical (unpaired) electrons. The maximum atomic E-state index is 12.2. The van der Waals surface area contributed by atoms with Gasteiger partial charge in [-0.25, -0.2) is 4.98 Å². The number of hydrogen-bond acceptors (Lipinski definition) is 3. The van der Waals surface area contributed by atoms with Gasteiger partial charge in [0.2, 0.25) is 0 Å². The van der Waals surface area contributed by atoms with Crippen molar-refractivity contribution in [3.63, 3.8) is 0 Å². The number of benzene rings is 1. The standard InChI is InChI=1S/C16H18N2O/c1-16(2,3)18-14-10-9-13(11-17-14)15(19)12-7-5-4-6-8-12/h4-11H,1-3H3,(H,17,18). The highest BCUT2D eigenvalue weighted by Crippen LogP contribution is 2.14. The van der Waals surface area contributed by atoms with E-state index in [-0.39, 0.29) is 11.3 Å². The first-order chi connectivity index (χ1) is 8.96. The first-order valence-electron chi connectivity index (χ1n) is 6.30. The fourth-order valence-electron chi connectivity index (χ4n) is 1.74. The molecule has 0 spiro atoms. The van der Waals surface area contributed by atoms with E-state index < -0.39 is 0 Å². The largest absolute Gasteiger partial charge is 0.365 e. The van der Waals surface area contributed by atoms with Crippen LogP contribution in [0.25, 0.3) is 0 Å². The summed E-state index contributed by atoms with van der Waals surface area (Å²) in [6.45, 7) is 6.20. The van der Waals surface area contributed by atoms with Crippen LogP contribution in [0, 0.1) is 0 Å². The Labute approximate surface area is 113 Å². The van der Waals surface area contributed by atoms with Crippen molar-refractivity contribution in [3.8, 4) is 0 Å². The zero-order valence-electron chi connectivity index (χ0n) is 11.5. The topological polar surface area (TPSA) is 42.0 Å². The van der Waals surface area contributed by atoms with E-state index in [1.54, 1.807) is 12.3 Å². The lowest BCUT2D eigenvalue weighted by molar-refractivity contribution is 0.103. The molecule has 1 N–H and O–H groups in total. The van der Waals surface area contributed by atoms with Crippen LogP contribution in [0.15, 0.2) is 48.7 Å². The summed E-state index contributed by atoms with van der Waals surface area (Å²) in [5.74, 6) is 0.771. The molecule has 0 amide bonds. The lowest BCUT2D eigenvalue weighted by Gasteiger charge is -2.21. The van der Waals surface area contributed by atoms with E-state index in [2.05, 4.69) is 31.1 Å². The molecule has 0 saturated carbocycles. The van der Waals surface area contributed by atoms with E-state index >= 15 is 0 Å². The van der Waals surface area contributed by atoms with Gasteiger partial charge in [0.1, 0.15) is 5.82 Å². The highest BCUT2D eigenvalue weighted by Gasteiger charge is 2.12. The summed E-state index contributed by atoms with van der Waals surface area (Å²) in [6, 6.07) is 12.9. The van der Waals surface area contributed by atoms with Crippen molar-refractivity contribution in [2.24, 2.45) is 0 Å². The Bertz CT molecular complexity index is 554. The van der Waals surface area contributed by atoms with Crippen molar-refractivity contribution in [2.45, 2.75) is 26.3 Å². The van der Waals surface area contributed by atoms with Crippen molar-refractivity contribution in [1.82, 2.24) is 4.98 Å². The molecule has 0 aliphatic rings. The van der Waals surface area contributed by atoms with Gasteiger partial charge in [0.05, 0.1) is 0 Å². The molecule has 2 aromatic rings. The number of rotatable bonds is 3.